The van der Waals surface area contributed by atoms with E-state index in [2.05, 4.69) is 13.0 Å². The summed E-state index contributed by atoms with van der Waals surface area (Å²) in [5, 5.41) is 12.4. The lowest BCUT2D eigenvalue weighted by molar-refractivity contribution is -0.00868. The van der Waals surface area contributed by atoms with Crippen LogP contribution in [0.3, 0.4) is 0 Å². The molecule has 0 aliphatic heterocycles. The number of rotatable bonds is 1. The van der Waals surface area contributed by atoms with Gasteiger partial charge in [0.05, 0.1) is 5.60 Å². The first-order valence-electron chi connectivity index (χ1n) is 4.97. The van der Waals surface area contributed by atoms with Crippen molar-refractivity contribution in [2.75, 3.05) is 0 Å². The van der Waals surface area contributed by atoms with Crippen LogP contribution in [0.1, 0.15) is 37.5 Å². The Morgan fingerprint density at radius 1 is 1.46 bits per heavy atom. The Kier molecular flexibility index (Phi) is 2.43. The van der Waals surface area contributed by atoms with Crippen LogP contribution in [-0.2, 0) is 5.60 Å². The van der Waals surface area contributed by atoms with Crippen molar-refractivity contribution in [1.82, 2.24) is 0 Å². The van der Waals surface area contributed by atoms with Gasteiger partial charge in [0.25, 0.3) is 0 Å². The van der Waals surface area contributed by atoms with Gasteiger partial charge in [0.1, 0.15) is 0 Å². The van der Waals surface area contributed by atoms with E-state index in [-0.39, 0.29) is 0 Å². The number of hydrogen-bond donors (Lipinski definition) is 1. The van der Waals surface area contributed by atoms with Crippen LogP contribution in [0.25, 0.3) is 0 Å². The molecule has 13 heavy (non-hydrogen) atoms. The van der Waals surface area contributed by atoms with Crippen molar-refractivity contribution >= 4 is 11.3 Å². The molecule has 0 atom stereocenters. The van der Waals surface area contributed by atoms with Gasteiger partial charge in [0.15, 0.2) is 0 Å². The van der Waals surface area contributed by atoms with Gasteiger partial charge in [-0.2, -0.15) is 0 Å². The number of thiophene rings is 1. The van der Waals surface area contributed by atoms with Crippen molar-refractivity contribution in [2.24, 2.45) is 5.92 Å². The summed E-state index contributed by atoms with van der Waals surface area (Å²) in [5.74, 6) is 0.792. The molecule has 0 aromatic carbocycles. The van der Waals surface area contributed by atoms with Crippen LogP contribution in [0.2, 0.25) is 0 Å². The SMILES string of the molecule is CC1CCC(O)(c2cccs2)CC1. The van der Waals surface area contributed by atoms with E-state index in [9.17, 15) is 5.11 Å². The van der Waals surface area contributed by atoms with Crippen molar-refractivity contribution in [3.05, 3.63) is 22.4 Å². The Morgan fingerprint density at radius 3 is 2.69 bits per heavy atom. The van der Waals surface area contributed by atoms with E-state index in [0.29, 0.717) is 0 Å². The largest absolute Gasteiger partial charge is 0.384 e. The molecule has 0 unspecified atom stereocenters. The lowest BCUT2D eigenvalue weighted by Gasteiger charge is -2.34. The fourth-order valence-corrected chi connectivity index (χ4v) is 2.91. The molecule has 1 N–H and O–H groups in total. The maximum Gasteiger partial charge on any atom is 0.0988 e. The second-order valence-electron chi connectivity index (χ2n) is 4.19. The van der Waals surface area contributed by atoms with Crippen LogP contribution >= 0.6 is 11.3 Å². The molecule has 0 saturated heterocycles. The van der Waals surface area contributed by atoms with Gasteiger partial charge in [-0.25, -0.2) is 0 Å². The Bertz CT molecular complexity index is 258. The van der Waals surface area contributed by atoms with Gasteiger partial charge in [-0.3, -0.25) is 0 Å². The predicted molar refractivity (Wildman–Crippen MR) is 55.8 cm³/mol. The van der Waals surface area contributed by atoms with Gasteiger partial charge in [0, 0.05) is 4.88 Å². The van der Waals surface area contributed by atoms with E-state index < -0.39 is 5.60 Å². The summed E-state index contributed by atoms with van der Waals surface area (Å²) in [6.07, 6.45) is 4.20. The zero-order valence-electron chi connectivity index (χ0n) is 7.99. The standard InChI is InChI=1S/C11H16OS/c1-9-4-6-11(12,7-5-9)10-3-2-8-13-10/h2-3,8-9,12H,4-7H2,1H3. The Balaban J connectivity index is 2.13. The minimum atomic E-state index is -0.499. The fraction of sp³-hybridized carbons (Fsp3) is 0.636. The third-order valence-corrected chi connectivity index (χ3v) is 4.14. The highest BCUT2D eigenvalue weighted by Crippen LogP contribution is 2.40. The zero-order valence-corrected chi connectivity index (χ0v) is 8.81. The topological polar surface area (TPSA) is 20.2 Å². The van der Waals surface area contributed by atoms with Gasteiger partial charge < -0.3 is 5.11 Å². The van der Waals surface area contributed by atoms with Crippen molar-refractivity contribution in [2.45, 2.75) is 38.2 Å². The summed E-state index contributed by atoms with van der Waals surface area (Å²) < 4.78 is 0. The lowest BCUT2D eigenvalue weighted by atomic mass is 9.79. The fourth-order valence-electron chi connectivity index (χ4n) is 2.03. The van der Waals surface area contributed by atoms with E-state index in [4.69, 9.17) is 0 Å². The van der Waals surface area contributed by atoms with Crippen molar-refractivity contribution in [3.63, 3.8) is 0 Å². The van der Waals surface area contributed by atoms with Crippen molar-refractivity contribution < 1.29 is 5.11 Å². The normalized spacial score (nSPS) is 34.8. The predicted octanol–water partition coefficient (Wildman–Crippen LogP) is 3.15. The summed E-state index contributed by atoms with van der Waals surface area (Å²) in [4.78, 5) is 1.15. The zero-order chi connectivity index (χ0) is 9.31. The van der Waals surface area contributed by atoms with Crippen LogP contribution in [0.4, 0.5) is 0 Å². The summed E-state index contributed by atoms with van der Waals surface area (Å²) in [7, 11) is 0. The van der Waals surface area contributed by atoms with Gasteiger partial charge in [-0.1, -0.05) is 13.0 Å². The van der Waals surface area contributed by atoms with E-state index in [1.54, 1.807) is 11.3 Å². The summed E-state index contributed by atoms with van der Waals surface area (Å²) >= 11 is 1.68. The molecule has 1 aromatic rings. The lowest BCUT2D eigenvalue weighted by Crippen LogP contribution is -2.29. The van der Waals surface area contributed by atoms with Crippen LogP contribution < -0.4 is 0 Å². The molecule has 2 heteroatoms. The van der Waals surface area contributed by atoms with Gasteiger partial charge in [-0.05, 0) is 43.0 Å². The van der Waals surface area contributed by atoms with Gasteiger partial charge >= 0.3 is 0 Å². The van der Waals surface area contributed by atoms with Gasteiger partial charge in [0.2, 0.25) is 0 Å². The smallest absolute Gasteiger partial charge is 0.0988 e. The second kappa shape index (κ2) is 3.43. The highest BCUT2D eigenvalue weighted by Gasteiger charge is 2.33. The maximum atomic E-state index is 10.4. The molecular formula is C11H16OS. The summed E-state index contributed by atoms with van der Waals surface area (Å²) in [5.41, 5.74) is -0.499. The van der Waals surface area contributed by atoms with Crippen molar-refractivity contribution in [3.8, 4) is 0 Å². The molecule has 1 nitrogen and oxygen atoms in total. The first kappa shape index (κ1) is 9.22. The number of hydrogen-bond acceptors (Lipinski definition) is 2. The molecule has 0 radical (unpaired) electrons. The molecule has 72 valence electrons. The molecule has 1 saturated carbocycles. The first-order chi connectivity index (χ1) is 6.21. The molecule has 0 bridgehead atoms. The molecule has 2 rings (SSSR count). The molecule has 1 heterocycles. The monoisotopic (exact) mass is 196 g/mol. The Hall–Kier alpha value is -0.340. The Morgan fingerprint density at radius 2 is 2.15 bits per heavy atom. The summed E-state index contributed by atoms with van der Waals surface area (Å²) in [6.45, 7) is 2.27. The molecule has 1 fully saturated rings. The van der Waals surface area contributed by atoms with Crippen LogP contribution in [0.5, 0.6) is 0 Å². The molecule has 1 aliphatic rings. The first-order valence-corrected chi connectivity index (χ1v) is 5.85. The van der Waals surface area contributed by atoms with Crippen LogP contribution in [0.15, 0.2) is 17.5 Å². The van der Waals surface area contributed by atoms with E-state index in [1.165, 1.54) is 0 Å². The van der Waals surface area contributed by atoms with Crippen LogP contribution in [0, 0.1) is 5.92 Å². The van der Waals surface area contributed by atoms with Gasteiger partial charge in [-0.15, -0.1) is 11.3 Å². The molecule has 0 spiro atoms. The highest BCUT2D eigenvalue weighted by molar-refractivity contribution is 7.10. The highest BCUT2D eigenvalue weighted by atomic mass is 32.1. The average molecular weight is 196 g/mol. The molecule has 0 amide bonds. The van der Waals surface area contributed by atoms with Crippen molar-refractivity contribution in [1.29, 1.82) is 0 Å². The average Bonchev–Trinajstić information content (AvgIpc) is 2.63. The van der Waals surface area contributed by atoms with E-state index in [0.717, 1.165) is 36.5 Å². The second-order valence-corrected chi connectivity index (χ2v) is 5.14. The van der Waals surface area contributed by atoms with E-state index >= 15 is 0 Å². The Labute approximate surface area is 83.4 Å². The summed E-state index contributed by atoms with van der Waals surface area (Å²) in [6, 6.07) is 4.08. The molecule has 1 aliphatic carbocycles. The minimum Gasteiger partial charge on any atom is -0.384 e. The maximum absolute atomic E-state index is 10.4. The van der Waals surface area contributed by atoms with Crippen LogP contribution in [-0.4, -0.2) is 5.11 Å². The van der Waals surface area contributed by atoms with E-state index in [1.807, 2.05) is 11.4 Å². The molecule has 1 aromatic heterocycles. The minimum absolute atomic E-state index is 0.499. The number of aliphatic hydroxyl groups is 1. The third-order valence-electron chi connectivity index (χ3n) is 3.08. The quantitative estimate of drug-likeness (QED) is 0.731. The third kappa shape index (κ3) is 1.79. The molecular weight excluding hydrogens is 180 g/mol.